The Morgan fingerprint density at radius 2 is 1.90 bits per heavy atom. The number of nitrogens with one attached hydrogen (secondary N) is 2. The number of pyridine rings is 1. The number of rotatable bonds is 16. The summed E-state index contributed by atoms with van der Waals surface area (Å²) in [7, 11) is -0.755. The highest BCUT2D eigenvalue weighted by atomic mass is 32.2. The lowest BCUT2D eigenvalue weighted by Gasteiger charge is -2.25. The summed E-state index contributed by atoms with van der Waals surface area (Å²) in [5, 5.41) is 16.5. The average molecular weight is 599 g/mol. The number of carbonyl (C=O) groups excluding carboxylic acids is 1. The van der Waals surface area contributed by atoms with E-state index in [2.05, 4.69) is 27.5 Å². The van der Waals surface area contributed by atoms with Crippen LogP contribution in [0.15, 0.2) is 54.6 Å². The maximum Gasteiger partial charge on any atom is 0.251 e. The molecule has 1 heterocycles. The third-order valence-electron chi connectivity index (χ3n) is 6.64. The van der Waals surface area contributed by atoms with Crippen LogP contribution in [-0.4, -0.2) is 82.3 Å². The number of ether oxygens (including phenoxy) is 2. The summed E-state index contributed by atoms with van der Waals surface area (Å²) in [5.74, 6) is 6.39. The molecule has 2 atom stereocenters. The van der Waals surface area contributed by atoms with Crippen LogP contribution in [0.3, 0.4) is 0 Å². The van der Waals surface area contributed by atoms with Gasteiger partial charge in [-0.25, -0.2) is 8.42 Å². The Morgan fingerprint density at radius 1 is 1.19 bits per heavy atom. The first kappa shape index (κ1) is 33.1. The highest BCUT2D eigenvalue weighted by Gasteiger charge is 2.27. The van der Waals surface area contributed by atoms with Crippen molar-refractivity contribution in [1.82, 2.24) is 15.6 Å². The molecule has 2 aromatic rings. The van der Waals surface area contributed by atoms with E-state index in [9.17, 15) is 18.3 Å². The third-order valence-corrected chi connectivity index (χ3v) is 8.78. The Hall–Kier alpha value is -3.43. The van der Waals surface area contributed by atoms with Gasteiger partial charge in [0.25, 0.3) is 5.91 Å². The molecule has 0 radical (unpaired) electrons. The molecule has 1 aromatic heterocycles. The Bertz CT molecular complexity index is 1350. The van der Waals surface area contributed by atoms with Gasteiger partial charge in [0.05, 0.1) is 30.5 Å². The van der Waals surface area contributed by atoms with Gasteiger partial charge in [0.1, 0.15) is 12.4 Å². The predicted molar refractivity (Wildman–Crippen MR) is 164 cm³/mol. The third kappa shape index (κ3) is 10.4. The van der Waals surface area contributed by atoms with E-state index in [1.165, 1.54) is 19.2 Å². The number of aliphatic hydroxyl groups excluding tert-OH is 1. The lowest BCUT2D eigenvalue weighted by Crippen LogP contribution is -2.48. The number of aliphatic hydroxyl groups is 1. The molecule has 3 rings (SSSR count). The second-order valence-electron chi connectivity index (χ2n) is 10.4. The number of methoxy groups -OCH3 is 1. The number of sulfonamides is 1. The topological polar surface area (TPSA) is 130 Å². The molecular weight excluding hydrogens is 556 g/mol. The molecule has 0 unspecified atom stereocenters. The van der Waals surface area contributed by atoms with Crippen LogP contribution in [0, 0.1) is 17.8 Å². The van der Waals surface area contributed by atoms with Gasteiger partial charge in [-0.2, -0.15) is 4.98 Å². The molecule has 42 heavy (non-hydrogen) atoms. The fraction of sp³-hybridized carbons (Fsp3) is 0.484. The predicted octanol–water partition coefficient (Wildman–Crippen LogP) is 2.54. The minimum atomic E-state index is -3.72. The summed E-state index contributed by atoms with van der Waals surface area (Å²) in [6, 6.07) is 11.8. The van der Waals surface area contributed by atoms with E-state index < -0.39 is 33.3 Å². The fourth-order valence-electron chi connectivity index (χ4n) is 3.92. The maximum atomic E-state index is 13.6. The molecule has 1 aromatic carbocycles. The number of amides is 1. The van der Waals surface area contributed by atoms with Crippen LogP contribution in [0.4, 0.5) is 5.82 Å². The van der Waals surface area contributed by atoms with Gasteiger partial charge >= 0.3 is 0 Å². The normalized spacial score (nSPS) is 14.7. The molecule has 1 aliphatic rings. The van der Waals surface area contributed by atoms with E-state index in [4.69, 9.17) is 9.47 Å². The number of nitrogens with zero attached hydrogens (tertiary/aromatic N) is 2. The number of carbonyl (C=O) groups is 1. The lowest BCUT2D eigenvalue weighted by atomic mass is 10.0. The van der Waals surface area contributed by atoms with Crippen molar-refractivity contribution in [2.24, 2.45) is 5.92 Å². The zero-order valence-corrected chi connectivity index (χ0v) is 25.6. The molecule has 0 spiro atoms. The number of benzene rings is 1. The number of anilines is 1. The summed E-state index contributed by atoms with van der Waals surface area (Å²) in [4.78, 5) is 17.9. The SMILES string of the molecule is COC/C=C\COc1cc(C(=O)N[C@@H](Cc2ccccc2)[C@H](O)CNCC#CC2CC2)cc(N(C)S(=O)(=O)C(C)C)n1. The highest BCUT2D eigenvalue weighted by Crippen LogP contribution is 2.27. The standard InChI is InChI=1S/C31H42N4O6S/c1-23(2)42(38,39)35(3)29-20-26(21-30(34-29)41-18-9-8-17-40-4)31(37)33-27(19-25-11-6-5-7-12-25)28(36)22-32-16-10-13-24-14-15-24/h5-9,11-12,20-21,23-24,27-28,32,36H,14-19,22H2,1-4H3,(H,33,37)/b9-8-/t27-,28+/m0/s1. The molecule has 228 valence electrons. The van der Waals surface area contributed by atoms with Gasteiger partial charge in [-0.15, -0.1) is 0 Å². The van der Waals surface area contributed by atoms with E-state index in [-0.39, 0.29) is 30.4 Å². The average Bonchev–Trinajstić information content (AvgIpc) is 3.80. The van der Waals surface area contributed by atoms with Crippen molar-refractivity contribution in [2.45, 2.75) is 50.5 Å². The van der Waals surface area contributed by atoms with Crippen molar-refractivity contribution >= 4 is 21.7 Å². The number of hydrogen-bond donors (Lipinski definition) is 3. The first-order chi connectivity index (χ1) is 20.1. The van der Waals surface area contributed by atoms with Gasteiger partial charge in [0.2, 0.25) is 15.9 Å². The van der Waals surface area contributed by atoms with E-state index in [1.54, 1.807) is 33.1 Å². The lowest BCUT2D eigenvalue weighted by molar-refractivity contribution is 0.0832. The zero-order chi connectivity index (χ0) is 30.5. The van der Waals surface area contributed by atoms with E-state index >= 15 is 0 Å². The monoisotopic (exact) mass is 598 g/mol. The minimum Gasteiger partial charge on any atom is -0.473 e. The Morgan fingerprint density at radius 3 is 2.57 bits per heavy atom. The van der Waals surface area contributed by atoms with E-state index in [1.807, 2.05) is 30.3 Å². The molecule has 1 amide bonds. The van der Waals surface area contributed by atoms with Crippen LogP contribution < -0.4 is 19.7 Å². The van der Waals surface area contributed by atoms with Crippen molar-refractivity contribution < 1.29 is 27.8 Å². The molecule has 0 saturated heterocycles. The number of aromatic nitrogens is 1. The largest absolute Gasteiger partial charge is 0.473 e. The first-order valence-electron chi connectivity index (χ1n) is 14.1. The van der Waals surface area contributed by atoms with Crippen molar-refractivity contribution in [1.29, 1.82) is 0 Å². The van der Waals surface area contributed by atoms with Crippen molar-refractivity contribution in [3.63, 3.8) is 0 Å². The maximum absolute atomic E-state index is 13.6. The smallest absolute Gasteiger partial charge is 0.251 e. The highest BCUT2D eigenvalue weighted by molar-refractivity contribution is 7.93. The Balaban J connectivity index is 1.83. The molecule has 10 nitrogen and oxygen atoms in total. The summed E-state index contributed by atoms with van der Waals surface area (Å²) in [6.07, 6.45) is 5.27. The van der Waals surface area contributed by atoms with Crippen LogP contribution in [-0.2, 0) is 21.2 Å². The molecule has 0 aliphatic heterocycles. The molecule has 11 heteroatoms. The minimum absolute atomic E-state index is 0.0447. The molecule has 0 bridgehead atoms. The van der Waals surface area contributed by atoms with Crippen LogP contribution in [0.1, 0.15) is 42.6 Å². The second kappa shape index (κ2) is 16.3. The second-order valence-corrected chi connectivity index (χ2v) is 12.9. The first-order valence-corrected chi connectivity index (χ1v) is 15.6. The molecule has 3 N–H and O–H groups in total. The Kier molecular flexibility index (Phi) is 12.8. The van der Waals surface area contributed by atoms with Gasteiger partial charge < -0.3 is 25.2 Å². The summed E-state index contributed by atoms with van der Waals surface area (Å²) in [6.45, 7) is 4.38. The van der Waals surface area contributed by atoms with Crippen molar-refractivity contribution in [3.8, 4) is 17.7 Å². The van der Waals surface area contributed by atoms with Gasteiger partial charge in [0.15, 0.2) is 0 Å². The summed E-state index contributed by atoms with van der Waals surface area (Å²) >= 11 is 0. The summed E-state index contributed by atoms with van der Waals surface area (Å²) in [5.41, 5.74) is 1.09. The van der Waals surface area contributed by atoms with Crippen LogP contribution in [0.2, 0.25) is 0 Å². The molecule has 1 saturated carbocycles. The van der Waals surface area contributed by atoms with Crippen molar-refractivity contribution in [2.75, 3.05) is 44.8 Å². The van der Waals surface area contributed by atoms with E-state index in [0.717, 1.165) is 22.7 Å². The molecular formula is C31H42N4O6S. The van der Waals surface area contributed by atoms with Crippen molar-refractivity contribution in [3.05, 3.63) is 65.7 Å². The molecule has 1 fully saturated rings. The van der Waals surface area contributed by atoms with Crippen LogP contribution in [0.5, 0.6) is 5.88 Å². The van der Waals surface area contributed by atoms with Gasteiger partial charge in [0, 0.05) is 38.2 Å². The van der Waals surface area contributed by atoms with Gasteiger partial charge in [-0.3, -0.25) is 9.10 Å². The quantitative estimate of drug-likeness (QED) is 0.153. The Labute approximate surface area is 249 Å². The molecule has 1 aliphatic carbocycles. The number of hydrogen-bond acceptors (Lipinski definition) is 8. The van der Waals surface area contributed by atoms with E-state index in [0.29, 0.717) is 25.5 Å². The van der Waals surface area contributed by atoms with Crippen LogP contribution in [0.25, 0.3) is 0 Å². The zero-order valence-electron chi connectivity index (χ0n) is 24.7. The van der Waals surface area contributed by atoms with Gasteiger partial charge in [-0.05, 0) is 50.8 Å². The fourth-order valence-corrected chi connectivity index (χ4v) is 4.91. The van der Waals surface area contributed by atoms with Crippen LogP contribution >= 0.6 is 0 Å². The van der Waals surface area contributed by atoms with Gasteiger partial charge in [-0.1, -0.05) is 48.2 Å². The summed E-state index contributed by atoms with van der Waals surface area (Å²) < 4.78 is 37.5.